The number of nitrogens with zero attached hydrogens (tertiary/aromatic N) is 1. The van der Waals surface area contributed by atoms with Gasteiger partial charge in [0.1, 0.15) is 5.69 Å². The van der Waals surface area contributed by atoms with Gasteiger partial charge in [-0.25, -0.2) is 0 Å². The van der Waals surface area contributed by atoms with E-state index in [0.717, 1.165) is 16.8 Å². The van der Waals surface area contributed by atoms with Crippen LogP contribution >= 0.6 is 0 Å². The maximum Gasteiger partial charge on any atom is 0.255 e. The Bertz CT molecular complexity index is 500. The number of aryl methyl sites for hydroxylation is 2. The number of aromatic amines is 1. The molecule has 0 aliphatic rings. The minimum Gasteiger partial charge on any atom is -0.283 e. The van der Waals surface area contributed by atoms with E-state index in [1.165, 1.54) is 5.56 Å². The Kier molecular flexibility index (Phi) is 2.37. The summed E-state index contributed by atoms with van der Waals surface area (Å²) in [6, 6.07) is 7.85. The van der Waals surface area contributed by atoms with Crippen molar-refractivity contribution in [2.24, 2.45) is 0 Å². The van der Waals surface area contributed by atoms with Crippen LogP contribution in [0.25, 0.3) is 11.3 Å². The van der Waals surface area contributed by atoms with Gasteiger partial charge in [0.25, 0.3) is 6.29 Å². The highest BCUT2D eigenvalue weighted by Crippen LogP contribution is 2.22. The first kappa shape index (κ1) is 9.65. The Hall–Kier alpha value is -1.90. The van der Waals surface area contributed by atoms with E-state index in [0.29, 0.717) is 5.69 Å². The molecule has 1 aromatic carbocycles. The summed E-state index contributed by atoms with van der Waals surface area (Å²) in [7, 11) is 0. The lowest BCUT2D eigenvalue weighted by molar-refractivity contribution is 0.561. The second kappa shape index (κ2) is 3.69. The molecule has 1 N–H and O–H groups in total. The van der Waals surface area contributed by atoms with Gasteiger partial charge in [0.05, 0.1) is 5.69 Å². The predicted molar refractivity (Wildman–Crippen MR) is 58.3 cm³/mol. The first-order valence-corrected chi connectivity index (χ1v) is 4.72. The molecule has 3 nitrogen and oxygen atoms in total. The fourth-order valence-electron chi connectivity index (χ4n) is 1.63. The normalized spacial score (nSPS) is 10.3. The van der Waals surface area contributed by atoms with Crippen molar-refractivity contribution >= 4 is 6.29 Å². The van der Waals surface area contributed by atoms with E-state index < -0.39 is 0 Å². The molecule has 0 amide bonds. The molecule has 0 unspecified atom stereocenters. The summed E-state index contributed by atoms with van der Waals surface area (Å²) in [5, 5.41) is 6.65. The maximum absolute atomic E-state index is 10.4. The summed E-state index contributed by atoms with van der Waals surface area (Å²) in [4.78, 5) is 10.4. The van der Waals surface area contributed by atoms with E-state index in [1.807, 2.05) is 26.0 Å². The molecule has 1 heterocycles. The lowest BCUT2D eigenvalue weighted by atomic mass is 10.0. The molecular weight excluding hydrogens is 188 g/mol. The van der Waals surface area contributed by atoms with E-state index in [2.05, 4.69) is 16.3 Å². The van der Waals surface area contributed by atoms with Gasteiger partial charge in [0, 0.05) is 5.56 Å². The SMILES string of the molecule is Cc1ccc(-c2cc([C]=O)n[nH]2)c(C)c1. The van der Waals surface area contributed by atoms with Gasteiger partial charge >= 0.3 is 0 Å². The van der Waals surface area contributed by atoms with E-state index in [-0.39, 0.29) is 0 Å². The number of carbonyl (C=O) groups excluding carboxylic acids is 1. The summed E-state index contributed by atoms with van der Waals surface area (Å²) >= 11 is 0. The van der Waals surface area contributed by atoms with Crippen molar-refractivity contribution in [2.75, 3.05) is 0 Å². The first-order valence-electron chi connectivity index (χ1n) is 4.72. The summed E-state index contributed by atoms with van der Waals surface area (Å²) < 4.78 is 0. The van der Waals surface area contributed by atoms with Crippen molar-refractivity contribution in [3.63, 3.8) is 0 Å². The van der Waals surface area contributed by atoms with Gasteiger partial charge in [0.2, 0.25) is 0 Å². The average Bonchev–Trinajstić information content (AvgIpc) is 2.66. The van der Waals surface area contributed by atoms with Crippen LogP contribution < -0.4 is 0 Å². The van der Waals surface area contributed by atoms with E-state index in [4.69, 9.17) is 0 Å². The van der Waals surface area contributed by atoms with Gasteiger partial charge in [-0.2, -0.15) is 5.10 Å². The topological polar surface area (TPSA) is 45.8 Å². The summed E-state index contributed by atoms with van der Waals surface area (Å²) in [5.74, 6) is 0. The second-order valence-electron chi connectivity index (χ2n) is 3.59. The minimum absolute atomic E-state index is 0.310. The molecule has 0 bridgehead atoms. The molecule has 15 heavy (non-hydrogen) atoms. The van der Waals surface area contributed by atoms with Crippen molar-refractivity contribution < 1.29 is 4.79 Å². The fraction of sp³-hybridized carbons (Fsp3) is 0.167. The van der Waals surface area contributed by atoms with Crippen LogP contribution in [0.5, 0.6) is 0 Å². The van der Waals surface area contributed by atoms with Gasteiger partial charge in [-0.05, 0) is 25.5 Å². The third-order valence-electron chi connectivity index (χ3n) is 2.35. The lowest BCUT2D eigenvalue weighted by Gasteiger charge is -2.03. The highest BCUT2D eigenvalue weighted by Gasteiger charge is 2.05. The van der Waals surface area contributed by atoms with Gasteiger partial charge in [-0.3, -0.25) is 9.89 Å². The molecule has 1 aromatic heterocycles. The standard InChI is InChI=1S/C12H11N2O/c1-8-3-4-11(9(2)5-8)12-6-10(7-15)13-14-12/h3-6H,1-2H3,(H,13,14). The molecule has 0 spiro atoms. The molecular formula is C12H11N2O. The van der Waals surface area contributed by atoms with Crippen molar-refractivity contribution in [2.45, 2.75) is 13.8 Å². The average molecular weight is 199 g/mol. The molecule has 0 saturated carbocycles. The summed E-state index contributed by atoms with van der Waals surface area (Å²) in [5.41, 5.74) is 4.61. The largest absolute Gasteiger partial charge is 0.283 e. The minimum atomic E-state index is 0.310. The van der Waals surface area contributed by atoms with Crippen LogP contribution in [0, 0.1) is 13.8 Å². The molecule has 75 valence electrons. The number of aromatic nitrogens is 2. The summed E-state index contributed by atoms with van der Waals surface area (Å²) in [6.07, 6.45) is 1.76. The Morgan fingerprint density at radius 3 is 2.67 bits per heavy atom. The third-order valence-corrected chi connectivity index (χ3v) is 2.35. The molecule has 0 saturated heterocycles. The molecule has 0 aliphatic heterocycles. The predicted octanol–water partition coefficient (Wildman–Crippen LogP) is 2.15. The Labute approximate surface area is 88.1 Å². The van der Waals surface area contributed by atoms with E-state index >= 15 is 0 Å². The highest BCUT2D eigenvalue weighted by molar-refractivity contribution is 5.76. The van der Waals surface area contributed by atoms with Gasteiger partial charge in [0.15, 0.2) is 0 Å². The molecule has 2 aromatic rings. The van der Waals surface area contributed by atoms with Gasteiger partial charge < -0.3 is 0 Å². The monoisotopic (exact) mass is 199 g/mol. The lowest BCUT2D eigenvalue weighted by Crippen LogP contribution is -1.84. The van der Waals surface area contributed by atoms with E-state index in [1.54, 1.807) is 12.4 Å². The Morgan fingerprint density at radius 2 is 2.07 bits per heavy atom. The smallest absolute Gasteiger partial charge is 0.255 e. The van der Waals surface area contributed by atoms with Crippen molar-refractivity contribution in [3.05, 3.63) is 41.1 Å². The van der Waals surface area contributed by atoms with Crippen LogP contribution in [-0.4, -0.2) is 16.5 Å². The zero-order valence-corrected chi connectivity index (χ0v) is 8.66. The molecule has 1 radical (unpaired) electrons. The van der Waals surface area contributed by atoms with Crippen LogP contribution in [0.1, 0.15) is 16.8 Å². The van der Waals surface area contributed by atoms with Crippen LogP contribution in [0.3, 0.4) is 0 Å². The van der Waals surface area contributed by atoms with Crippen molar-refractivity contribution in [3.8, 4) is 11.3 Å². The Morgan fingerprint density at radius 1 is 1.27 bits per heavy atom. The number of hydrogen-bond acceptors (Lipinski definition) is 2. The number of rotatable bonds is 2. The summed E-state index contributed by atoms with van der Waals surface area (Å²) in [6.45, 7) is 4.09. The number of benzene rings is 1. The molecule has 2 rings (SSSR count). The zero-order valence-electron chi connectivity index (χ0n) is 8.66. The van der Waals surface area contributed by atoms with Crippen molar-refractivity contribution in [1.82, 2.24) is 10.2 Å². The second-order valence-corrected chi connectivity index (χ2v) is 3.59. The van der Waals surface area contributed by atoms with Gasteiger partial charge in [-0.1, -0.05) is 23.8 Å². The number of hydrogen-bond donors (Lipinski definition) is 1. The van der Waals surface area contributed by atoms with E-state index in [9.17, 15) is 4.79 Å². The van der Waals surface area contributed by atoms with Crippen LogP contribution in [0.15, 0.2) is 24.3 Å². The maximum atomic E-state index is 10.4. The third kappa shape index (κ3) is 1.81. The molecule has 0 atom stereocenters. The van der Waals surface area contributed by atoms with Crippen LogP contribution in [0.4, 0.5) is 0 Å². The highest BCUT2D eigenvalue weighted by atomic mass is 16.1. The number of H-pyrrole nitrogens is 1. The molecule has 0 aliphatic carbocycles. The molecule has 0 fully saturated rings. The zero-order chi connectivity index (χ0) is 10.8. The van der Waals surface area contributed by atoms with Crippen LogP contribution in [-0.2, 0) is 4.79 Å². The van der Waals surface area contributed by atoms with Gasteiger partial charge in [-0.15, -0.1) is 0 Å². The number of nitrogens with one attached hydrogen (secondary N) is 1. The first-order chi connectivity index (χ1) is 7.20. The van der Waals surface area contributed by atoms with Crippen LogP contribution in [0.2, 0.25) is 0 Å². The quantitative estimate of drug-likeness (QED) is 0.805. The molecule has 3 heteroatoms. The van der Waals surface area contributed by atoms with Crippen molar-refractivity contribution in [1.29, 1.82) is 0 Å². The Balaban J connectivity index is 2.49. The fourth-order valence-corrected chi connectivity index (χ4v) is 1.63.